The second kappa shape index (κ2) is 16.0. The van der Waals surface area contributed by atoms with Crippen molar-refractivity contribution >= 4 is 54.7 Å². The summed E-state index contributed by atoms with van der Waals surface area (Å²) in [4.78, 5) is 7.75. The largest absolute Gasteiger partial charge is 0.872 e. The molecular formula is C47H34IrN7O2-. The van der Waals surface area contributed by atoms with Gasteiger partial charge in [0.1, 0.15) is 27.6 Å². The van der Waals surface area contributed by atoms with Gasteiger partial charge in [0.05, 0.1) is 11.4 Å². The Bertz CT molecular complexity index is 2970. The topological polar surface area (TPSA) is 111 Å². The number of hydrogen-bond donors (Lipinski definition) is 0. The summed E-state index contributed by atoms with van der Waals surface area (Å²) in [6.07, 6.45) is 0. The Morgan fingerprint density at radius 2 is 0.912 bits per heavy atom. The molecule has 1 radical (unpaired) electrons. The van der Waals surface area contributed by atoms with Gasteiger partial charge in [-0.3, -0.25) is 0 Å². The van der Waals surface area contributed by atoms with E-state index in [0.717, 1.165) is 60.9 Å². The molecule has 0 unspecified atom stereocenters. The smallest absolute Gasteiger partial charge is 0.226 e. The van der Waals surface area contributed by atoms with Crippen LogP contribution in [-0.2, 0) is 20.1 Å². The molecule has 11 rings (SSSR count). The third kappa shape index (κ3) is 7.39. The molecule has 0 spiro atoms. The summed E-state index contributed by atoms with van der Waals surface area (Å²) in [6, 6.07) is 55.3. The minimum absolute atomic E-state index is 0. The Kier molecular flexibility index (Phi) is 10.4. The molecule has 8 aromatic carbocycles. The third-order valence-corrected chi connectivity index (χ3v) is 9.60. The molecule has 0 N–H and O–H groups in total. The van der Waals surface area contributed by atoms with Gasteiger partial charge < -0.3 is 9.52 Å². The Morgan fingerprint density at radius 3 is 1.46 bits per heavy atom. The SMILES string of the molecule is Cc1cccc2nn(-c3cccc4ccccc34)nc12.Cc1cccc2nn(-c3cccc4ccccc34)nc12.[Ir].[O-]c1ccccc1-c1nc2ccccc2o1. The molecule has 279 valence electrons. The van der Waals surface area contributed by atoms with Crippen molar-refractivity contribution in [1.29, 1.82) is 0 Å². The fraction of sp³-hybridized carbons (Fsp3) is 0.0426. The molecule has 0 bridgehead atoms. The van der Waals surface area contributed by atoms with Crippen molar-refractivity contribution in [3.8, 4) is 28.6 Å². The predicted octanol–water partition coefficient (Wildman–Crippen LogP) is 10.3. The van der Waals surface area contributed by atoms with Crippen molar-refractivity contribution in [2.24, 2.45) is 0 Å². The van der Waals surface area contributed by atoms with Crippen molar-refractivity contribution in [3.05, 3.63) is 181 Å². The molecule has 9 nitrogen and oxygen atoms in total. The number of rotatable bonds is 3. The van der Waals surface area contributed by atoms with Crippen LogP contribution in [0.4, 0.5) is 0 Å². The molecule has 0 aliphatic carbocycles. The van der Waals surface area contributed by atoms with E-state index in [-0.39, 0.29) is 25.9 Å². The van der Waals surface area contributed by atoms with Gasteiger partial charge in [-0.2, -0.15) is 0 Å². The minimum Gasteiger partial charge on any atom is -0.872 e. The van der Waals surface area contributed by atoms with Crippen LogP contribution >= 0.6 is 0 Å². The number of hydrogen-bond acceptors (Lipinski definition) is 7. The maximum Gasteiger partial charge on any atom is 0.226 e. The number of benzene rings is 8. The van der Waals surface area contributed by atoms with Crippen LogP contribution in [0.15, 0.2) is 174 Å². The van der Waals surface area contributed by atoms with E-state index in [1.165, 1.54) is 16.8 Å². The van der Waals surface area contributed by atoms with Crippen LogP contribution in [0.5, 0.6) is 5.75 Å². The molecule has 11 aromatic rings. The third-order valence-electron chi connectivity index (χ3n) is 9.60. The number of para-hydroxylation sites is 3. The summed E-state index contributed by atoms with van der Waals surface area (Å²) in [5, 5.41) is 34.8. The summed E-state index contributed by atoms with van der Waals surface area (Å²) in [7, 11) is 0. The van der Waals surface area contributed by atoms with Crippen molar-refractivity contribution < 1.29 is 29.6 Å². The van der Waals surface area contributed by atoms with E-state index in [0.29, 0.717) is 17.0 Å². The van der Waals surface area contributed by atoms with E-state index < -0.39 is 0 Å². The first-order chi connectivity index (χ1) is 27.5. The van der Waals surface area contributed by atoms with Gasteiger partial charge in [0.25, 0.3) is 0 Å². The van der Waals surface area contributed by atoms with Crippen molar-refractivity contribution in [2.45, 2.75) is 13.8 Å². The Balaban J connectivity index is 0.000000120. The number of aromatic nitrogens is 7. The fourth-order valence-corrected chi connectivity index (χ4v) is 6.76. The van der Waals surface area contributed by atoms with Crippen molar-refractivity contribution in [3.63, 3.8) is 0 Å². The van der Waals surface area contributed by atoms with E-state index >= 15 is 0 Å². The van der Waals surface area contributed by atoms with E-state index in [2.05, 4.69) is 99.9 Å². The minimum atomic E-state index is -0.0749. The Morgan fingerprint density at radius 1 is 0.456 bits per heavy atom. The van der Waals surface area contributed by atoms with Crippen LogP contribution in [0.1, 0.15) is 11.1 Å². The summed E-state index contributed by atoms with van der Waals surface area (Å²) >= 11 is 0. The molecule has 57 heavy (non-hydrogen) atoms. The predicted molar refractivity (Wildman–Crippen MR) is 221 cm³/mol. The Hall–Kier alpha value is -7.00. The normalized spacial score (nSPS) is 10.9. The van der Waals surface area contributed by atoms with E-state index in [4.69, 9.17) is 4.42 Å². The van der Waals surface area contributed by atoms with Crippen LogP contribution in [0, 0.1) is 13.8 Å². The molecule has 3 aromatic heterocycles. The van der Waals surface area contributed by atoms with Gasteiger partial charge in [-0.1, -0.05) is 139 Å². The molecule has 0 aliphatic heterocycles. The van der Waals surface area contributed by atoms with Crippen LogP contribution in [0.25, 0.3) is 77.5 Å². The van der Waals surface area contributed by atoms with Gasteiger partial charge in [-0.15, -0.1) is 30.0 Å². The van der Waals surface area contributed by atoms with Gasteiger partial charge in [0, 0.05) is 36.4 Å². The summed E-state index contributed by atoms with van der Waals surface area (Å²) in [5.74, 6) is 0.306. The van der Waals surface area contributed by atoms with E-state index in [1.54, 1.807) is 27.8 Å². The van der Waals surface area contributed by atoms with Crippen molar-refractivity contribution in [1.82, 2.24) is 35.0 Å². The van der Waals surface area contributed by atoms with Crippen LogP contribution < -0.4 is 5.11 Å². The molecule has 0 atom stereocenters. The summed E-state index contributed by atoms with van der Waals surface area (Å²) in [6.45, 7) is 4.12. The first-order valence-corrected chi connectivity index (χ1v) is 18.2. The number of oxazole rings is 1. The quantitative estimate of drug-likeness (QED) is 0.174. The molecule has 0 aliphatic rings. The summed E-state index contributed by atoms with van der Waals surface area (Å²) < 4.78 is 5.52. The number of fused-ring (bicyclic) bond motifs is 5. The maximum atomic E-state index is 11.6. The second-order valence-electron chi connectivity index (χ2n) is 13.3. The second-order valence-corrected chi connectivity index (χ2v) is 13.3. The average Bonchev–Trinajstić information content (AvgIpc) is 3.99. The number of aryl methyl sites for hydroxylation is 2. The first-order valence-electron chi connectivity index (χ1n) is 18.2. The first kappa shape index (κ1) is 36.9. The van der Waals surface area contributed by atoms with Crippen LogP contribution in [0.3, 0.4) is 0 Å². The average molecular weight is 921 g/mol. The molecular weight excluding hydrogens is 887 g/mol. The fourth-order valence-electron chi connectivity index (χ4n) is 6.76. The van der Waals surface area contributed by atoms with E-state index in [1.807, 2.05) is 84.9 Å². The van der Waals surface area contributed by atoms with Crippen molar-refractivity contribution in [2.75, 3.05) is 0 Å². The zero-order valence-corrected chi connectivity index (χ0v) is 33.3. The van der Waals surface area contributed by atoms with Gasteiger partial charge in [-0.25, -0.2) is 4.98 Å². The molecule has 0 saturated heterocycles. The zero-order valence-electron chi connectivity index (χ0n) is 30.9. The molecule has 3 heterocycles. The van der Waals surface area contributed by atoms with Gasteiger partial charge in [0.2, 0.25) is 5.89 Å². The van der Waals surface area contributed by atoms with Crippen LogP contribution in [-0.4, -0.2) is 35.0 Å². The van der Waals surface area contributed by atoms with Gasteiger partial charge in [0.15, 0.2) is 5.58 Å². The number of nitrogens with zero attached hydrogens (tertiary/aromatic N) is 7. The Labute approximate surface area is 341 Å². The van der Waals surface area contributed by atoms with E-state index in [9.17, 15) is 5.11 Å². The molecule has 0 amide bonds. The zero-order chi connectivity index (χ0) is 38.0. The molecule has 10 heteroatoms. The molecule has 0 saturated carbocycles. The van der Waals surface area contributed by atoms with Gasteiger partial charge >= 0.3 is 0 Å². The van der Waals surface area contributed by atoms with Gasteiger partial charge in [-0.05, 0) is 72.1 Å². The summed E-state index contributed by atoms with van der Waals surface area (Å²) in [5.41, 5.74) is 10.1. The monoisotopic (exact) mass is 921 g/mol. The standard InChI is InChI=1S/2C17H13N3.C13H9NO2.Ir/c2*1-12-6-4-10-15-17(12)19-20(18-15)16-11-5-8-13-7-2-3-9-14(13)16;15-11-7-3-1-5-9(11)13-14-10-6-2-4-8-12(10)16-13;/h2*2-11H,1H3;1-8,15H;/p-1. The maximum absolute atomic E-state index is 11.6. The molecule has 0 fully saturated rings. The van der Waals surface area contributed by atoms with Crippen LogP contribution in [0.2, 0.25) is 0 Å².